The van der Waals surface area contributed by atoms with Crippen molar-refractivity contribution in [2.45, 2.75) is 19.0 Å². The SMILES string of the molecule is NC(=S)N(CCN1CCOCC1)N=C[C@@H]1Cc2ccccc2N1Cc1ccccc1Cl. The maximum atomic E-state index is 6.45. The summed E-state index contributed by atoms with van der Waals surface area (Å²) in [6.45, 7) is 5.63. The Bertz CT molecular complexity index is 934. The Balaban J connectivity index is 1.48. The molecule has 6 nitrogen and oxygen atoms in total. The monoisotopic (exact) mass is 457 g/mol. The van der Waals surface area contributed by atoms with Crippen molar-refractivity contribution in [2.24, 2.45) is 10.8 Å². The molecule has 0 saturated carbocycles. The lowest BCUT2D eigenvalue weighted by atomic mass is 10.1. The molecule has 0 radical (unpaired) electrons. The molecule has 0 bridgehead atoms. The number of rotatable bonds is 7. The predicted octanol–water partition coefficient (Wildman–Crippen LogP) is 3.13. The van der Waals surface area contributed by atoms with E-state index >= 15 is 0 Å². The Morgan fingerprint density at radius 1 is 1.19 bits per heavy atom. The third-order valence-corrected chi connectivity index (χ3v) is 6.37. The van der Waals surface area contributed by atoms with E-state index in [2.05, 4.69) is 40.1 Å². The molecule has 2 aromatic rings. The van der Waals surface area contributed by atoms with E-state index in [4.69, 9.17) is 39.4 Å². The van der Waals surface area contributed by atoms with Gasteiger partial charge in [0.1, 0.15) is 0 Å². The molecule has 1 atom stereocenters. The number of para-hydroxylation sites is 1. The molecule has 164 valence electrons. The van der Waals surface area contributed by atoms with Crippen LogP contribution in [0.25, 0.3) is 0 Å². The number of hydrogen-bond acceptors (Lipinski definition) is 5. The van der Waals surface area contributed by atoms with Crippen LogP contribution in [-0.2, 0) is 17.7 Å². The van der Waals surface area contributed by atoms with E-state index in [1.165, 1.54) is 11.3 Å². The lowest BCUT2D eigenvalue weighted by molar-refractivity contribution is 0.0360. The van der Waals surface area contributed by atoms with Crippen LogP contribution in [0.4, 0.5) is 5.69 Å². The van der Waals surface area contributed by atoms with Gasteiger partial charge in [0.15, 0.2) is 5.11 Å². The highest BCUT2D eigenvalue weighted by Gasteiger charge is 2.28. The molecule has 2 N–H and O–H groups in total. The minimum atomic E-state index is 0.105. The van der Waals surface area contributed by atoms with Crippen LogP contribution < -0.4 is 10.6 Å². The van der Waals surface area contributed by atoms with E-state index in [-0.39, 0.29) is 11.2 Å². The second-order valence-electron chi connectivity index (χ2n) is 7.80. The number of morpholine rings is 1. The summed E-state index contributed by atoms with van der Waals surface area (Å²) in [5, 5.41) is 7.49. The minimum absolute atomic E-state index is 0.105. The summed E-state index contributed by atoms with van der Waals surface area (Å²) in [4.78, 5) is 4.69. The van der Waals surface area contributed by atoms with Gasteiger partial charge in [0, 0.05) is 43.1 Å². The molecule has 4 rings (SSSR count). The summed E-state index contributed by atoms with van der Waals surface area (Å²) < 4.78 is 5.42. The highest BCUT2D eigenvalue weighted by Crippen LogP contribution is 2.33. The number of thiocarbonyl (C=S) groups is 1. The normalized spacial score (nSPS) is 19.0. The van der Waals surface area contributed by atoms with Crippen LogP contribution in [0.3, 0.4) is 0 Å². The third-order valence-electron chi connectivity index (χ3n) is 5.79. The molecule has 0 aliphatic carbocycles. The number of hydrogen-bond donors (Lipinski definition) is 1. The topological polar surface area (TPSA) is 57.3 Å². The van der Waals surface area contributed by atoms with E-state index in [9.17, 15) is 0 Å². The third kappa shape index (κ3) is 5.54. The van der Waals surface area contributed by atoms with Gasteiger partial charge in [-0.1, -0.05) is 48.0 Å². The van der Waals surface area contributed by atoms with E-state index in [1.54, 1.807) is 5.01 Å². The van der Waals surface area contributed by atoms with E-state index in [0.29, 0.717) is 13.1 Å². The first-order valence-corrected chi connectivity index (χ1v) is 11.4. The van der Waals surface area contributed by atoms with Crippen molar-refractivity contribution in [2.75, 3.05) is 44.3 Å². The van der Waals surface area contributed by atoms with Gasteiger partial charge >= 0.3 is 0 Å². The van der Waals surface area contributed by atoms with Crippen molar-refractivity contribution in [3.05, 3.63) is 64.7 Å². The molecule has 1 saturated heterocycles. The van der Waals surface area contributed by atoms with Crippen molar-refractivity contribution < 1.29 is 4.74 Å². The smallest absolute Gasteiger partial charge is 0.187 e. The molecule has 2 heterocycles. The Hall–Kier alpha value is -2.19. The molecular weight excluding hydrogens is 430 g/mol. The van der Waals surface area contributed by atoms with Crippen molar-refractivity contribution in [1.29, 1.82) is 0 Å². The largest absolute Gasteiger partial charge is 0.379 e. The first-order valence-electron chi connectivity index (χ1n) is 10.6. The Kier molecular flexibility index (Phi) is 7.40. The molecular formula is C23H28ClN5OS. The predicted molar refractivity (Wildman–Crippen MR) is 131 cm³/mol. The molecule has 0 unspecified atom stereocenters. The van der Waals surface area contributed by atoms with Gasteiger partial charge in [-0.25, -0.2) is 5.01 Å². The maximum absolute atomic E-state index is 6.45. The zero-order chi connectivity index (χ0) is 21.6. The second-order valence-corrected chi connectivity index (χ2v) is 8.62. The summed E-state index contributed by atoms with van der Waals surface area (Å²) in [5.74, 6) is 0. The van der Waals surface area contributed by atoms with E-state index in [0.717, 1.165) is 49.9 Å². The average molecular weight is 458 g/mol. The number of nitrogens with two attached hydrogens (primary N) is 1. The molecule has 0 aromatic heterocycles. The lowest BCUT2D eigenvalue weighted by Crippen LogP contribution is -2.43. The molecule has 0 spiro atoms. The van der Waals surface area contributed by atoms with Gasteiger partial charge in [-0.3, -0.25) is 4.90 Å². The highest BCUT2D eigenvalue weighted by molar-refractivity contribution is 7.80. The second kappa shape index (κ2) is 10.4. The fourth-order valence-electron chi connectivity index (χ4n) is 4.07. The fraction of sp³-hybridized carbons (Fsp3) is 0.391. The van der Waals surface area contributed by atoms with Crippen LogP contribution in [0.15, 0.2) is 53.6 Å². The van der Waals surface area contributed by atoms with Gasteiger partial charge < -0.3 is 15.4 Å². The molecule has 1 fully saturated rings. The van der Waals surface area contributed by atoms with E-state index in [1.807, 2.05) is 24.4 Å². The molecule has 8 heteroatoms. The number of ether oxygens (including phenoxy) is 1. The van der Waals surface area contributed by atoms with E-state index < -0.39 is 0 Å². The summed E-state index contributed by atoms with van der Waals surface area (Å²) >= 11 is 11.7. The molecule has 0 amide bonds. The van der Waals surface area contributed by atoms with Crippen LogP contribution in [0.1, 0.15) is 11.1 Å². The number of benzene rings is 2. The minimum Gasteiger partial charge on any atom is -0.379 e. The van der Waals surface area contributed by atoms with Gasteiger partial charge in [0.05, 0.1) is 25.8 Å². The Labute approximate surface area is 194 Å². The zero-order valence-electron chi connectivity index (χ0n) is 17.5. The van der Waals surface area contributed by atoms with Crippen LogP contribution in [0.2, 0.25) is 5.02 Å². The molecule has 2 aliphatic heterocycles. The van der Waals surface area contributed by atoms with Crippen molar-refractivity contribution in [3.63, 3.8) is 0 Å². The van der Waals surface area contributed by atoms with Crippen LogP contribution in [-0.4, -0.2) is 66.7 Å². The number of hydrazone groups is 1. The lowest BCUT2D eigenvalue weighted by Gasteiger charge is -2.29. The summed E-state index contributed by atoms with van der Waals surface area (Å²) in [6.07, 6.45) is 2.86. The highest BCUT2D eigenvalue weighted by atomic mass is 35.5. The maximum Gasteiger partial charge on any atom is 0.187 e. The van der Waals surface area contributed by atoms with Gasteiger partial charge in [0.25, 0.3) is 0 Å². The number of anilines is 1. The summed E-state index contributed by atoms with van der Waals surface area (Å²) in [7, 11) is 0. The molecule has 31 heavy (non-hydrogen) atoms. The van der Waals surface area contributed by atoms with Crippen molar-refractivity contribution in [1.82, 2.24) is 9.91 Å². The summed E-state index contributed by atoms with van der Waals surface area (Å²) in [6, 6.07) is 16.6. The molecule has 2 aliphatic rings. The Morgan fingerprint density at radius 2 is 1.94 bits per heavy atom. The summed E-state index contributed by atoms with van der Waals surface area (Å²) in [5.41, 5.74) is 9.59. The van der Waals surface area contributed by atoms with Gasteiger partial charge in [0.2, 0.25) is 0 Å². The van der Waals surface area contributed by atoms with Crippen molar-refractivity contribution in [3.8, 4) is 0 Å². The standard InChI is InChI=1S/C23H28ClN5OS/c24-21-7-3-1-6-19(21)17-28-20(15-18-5-2-4-8-22(18)28)16-26-29(23(25)31)10-9-27-11-13-30-14-12-27/h1-8,16,20H,9-15,17H2,(H2,25,31)/t20-/m0/s1. The van der Waals surface area contributed by atoms with Gasteiger partial charge in [-0.2, -0.15) is 5.10 Å². The van der Waals surface area contributed by atoms with Gasteiger partial charge in [-0.15, -0.1) is 0 Å². The fourth-order valence-corrected chi connectivity index (χ4v) is 4.40. The number of nitrogens with zero attached hydrogens (tertiary/aromatic N) is 4. The first kappa shape index (κ1) is 22.0. The molecule has 2 aromatic carbocycles. The number of fused-ring (bicyclic) bond motifs is 1. The number of halogens is 1. The zero-order valence-corrected chi connectivity index (χ0v) is 19.1. The quantitative estimate of drug-likeness (QED) is 0.391. The van der Waals surface area contributed by atoms with Gasteiger partial charge in [-0.05, 0) is 41.9 Å². The van der Waals surface area contributed by atoms with Crippen molar-refractivity contribution >= 4 is 40.8 Å². The van der Waals surface area contributed by atoms with Crippen LogP contribution in [0.5, 0.6) is 0 Å². The average Bonchev–Trinajstić information content (AvgIpc) is 3.13. The van der Waals surface area contributed by atoms with Crippen LogP contribution in [0, 0.1) is 0 Å². The Morgan fingerprint density at radius 3 is 2.71 bits per heavy atom. The first-order chi connectivity index (χ1) is 15.1. The van der Waals surface area contributed by atoms with Crippen LogP contribution >= 0.6 is 23.8 Å².